The van der Waals surface area contributed by atoms with E-state index >= 15 is 0 Å². The molecule has 1 aromatic rings. The van der Waals surface area contributed by atoms with Gasteiger partial charge >= 0.3 is 0 Å². The molecule has 0 heterocycles. The van der Waals surface area contributed by atoms with Crippen LogP contribution in [-0.2, 0) is 10.0 Å². The van der Waals surface area contributed by atoms with Gasteiger partial charge in [0.1, 0.15) is 0 Å². The fraction of sp³-hybridized carbons (Fsp3) is 0.500. The van der Waals surface area contributed by atoms with Gasteiger partial charge in [0.15, 0.2) is 0 Å². The second-order valence-electron chi connectivity index (χ2n) is 4.19. The van der Waals surface area contributed by atoms with Crippen LogP contribution < -0.4 is 5.32 Å². The van der Waals surface area contributed by atoms with Crippen LogP contribution in [0.1, 0.15) is 13.8 Å². The van der Waals surface area contributed by atoms with Crippen molar-refractivity contribution in [1.82, 2.24) is 4.31 Å². The SMILES string of the molecule is CCNc1cccc(S(=O)(=O)N(C)CC(C)O)c1. The summed E-state index contributed by atoms with van der Waals surface area (Å²) < 4.78 is 25.6. The third kappa shape index (κ3) is 3.69. The average molecular weight is 272 g/mol. The quantitative estimate of drug-likeness (QED) is 0.814. The normalized spacial score (nSPS) is 13.6. The van der Waals surface area contributed by atoms with E-state index in [0.717, 1.165) is 16.5 Å². The van der Waals surface area contributed by atoms with E-state index < -0.39 is 16.1 Å². The molecule has 5 nitrogen and oxygen atoms in total. The molecule has 2 N–H and O–H groups in total. The molecule has 0 radical (unpaired) electrons. The van der Waals surface area contributed by atoms with Crippen molar-refractivity contribution in [2.45, 2.75) is 24.8 Å². The molecule has 1 unspecified atom stereocenters. The zero-order valence-electron chi connectivity index (χ0n) is 10.9. The van der Waals surface area contributed by atoms with Crippen LogP contribution in [0.15, 0.2) is 29.2 Å². The summed E-state index contributed by atoms with van der Waals surface area (Å²) >= 11 is 0. The molecular weight excluding hydrogens is 252 g/mol. The Morgan fingerprint density at radius 2 is 2.11 bits per heavy atom. The van der Waals surface area contributed by atoms with Gasteiger partial charge in [0.05, 0.1) is 11.0 Å². The van der Waals surface area contributed by atoms with Gasteiger partial charge in [-0.2, -0.15) is 4.31 Å². The minimum Gasteiger partial charge on any atom is -0.392 e. The van der Waals surface area contributed by atoms with E-state index in [1.807, 2.05) is 13.0 Å². The molecule has 0 bridgehead atoms. The lowest BCUT2D eigenvalue weighted by molar-refractivity contribution is 0.171. The minimum atomic E-state index is -3.54. The van der Waals surface area contributed by atoms with Crippen molar-refractivity contribution in [2.75, 3.05) is 25.5 Å². The number of likely N-dealkylation sites (N-methyl/N-ethyl adjacent to an activating group) is 1. The minimum absolute atomic E-state index is 0.0772. The van der Waals surface area contributed by atoms with Gasteiger partial charge in [0.2, 0.25) is 10.0 Å². The fourth-order valence-electron chi connectivity index (χ4n) is 1.62. The summed E-state index contributed by atoms with van der Waals surface area (Å²) in [6.45, 7) is 4.31. The van der Waals surface area contributed by atoms with Crippen LogP contribution >= 0.6 is 0 Å². The maximum atomic E-state index is 12.2. The zero-order chi connectivity index (χ0) is 13.8. The molecule has 0 spiro atoms. The van der Waals surface area contributed by atoms with Crippen molar-refractivity contribution in [1.29, 1.82) is 0 Å². The third-order valence-electron chi connectivity index (χ3n) is 2.44. The predicted octanol–water partition coefficient (Wildman–Crippen LogP) is 1.12. The molecule has 0 aliphatic rings. The van der Waals surface area contributed by atoms with Crippen LogP contribution in [0.3, 0.4) is 0 Å². The summed E-state index contributed by atoms with van der Waals surface area (Å²) in [5.41, 5.74) is 0.768. The first-order valence-electron chi connectivity index (χ1n) is 5.86. The highest BCUT2D eigenvalue weighted by atomic mass is 32.2. The molecule has 0 aliphatic carbocycles. The lowest BCUT2D eigenvalue weighted by Crippen LogP contribution is -2.33. The highest BCUT2D eigenvalue weighted by Gasteiger charge is 2.21. The van der Waals surface area contributed by atoms with Crippen LogP contribution in [0.5, 0.6) is 0 Å². The number of nitrogens with one attached hydrogen (secondary N) is 1. The molecule has 1 atom stereocenters. The predicted molar refractivity (Wildman–Crippen MR) is 72.1 cm³/mol. The second kappa shape index (κ2) is 6.17. The summed E-state index contributed by atoms with van der Waals surface area (Å²) in [6, 6.07) is 6.66. The molecule has 1 aromatic carbocycles. The van der Waals surface area contributed by atoms with Crippen LogP contribution in [0, 0.1) is 0 Å². The Balaban J connectivity index is 3.00. The molecular formula is C12H20N2O3S. The molecule has 0 aliphatic heterocycles. The smallest absolute Gasteiger partial charge is 0.242 e. The summed E-state index contributed by atoms with van der Waals surface area (Å²) in [5, 5.41) is 12.3. The van der Waals surface area contributed by atoms with Crippen LogP contribution in [0.25, 0.3) is 0 Å². The maximum Gasteiger partial charge on any atom is 0.242 e. The number of rotatable bonds is 6. The lowest BCUT2D eigenvalue weighted by Gasteiger charge is -2.19. The Bertz CT molecular complexity index is 486. The Kier molecular flexibility index (Phi) is 5.13. The van der Waals surface area contributed by atoms with E-state index in [1.54, 1.807) is 25.1 Å². The van der Waals surface area contributed by atoms with Crippen LogP contribution in [0.4, 0.5) is 5.69 Å². The molecule has 0 fully saturated rings. The van der Waals surface area contributed by atoms with E-state index in [-0.39, 0.29) is 11.4 Å². The van der Waals surface area contributed by atoms with E-state index in [2.05, 4.69) is 5.32 Å². The Morgan fingerprint density at radius 1 is 1.44 bits per heavy atom. The standard InChI is InChI=1S/C12H20N2O3S/c1-4-13-11-6-5-7-12(8-11)18(16,17)14(3)9-10(2)15/h5-8,10,13,15H,4,9H2,1-3H3. The van der Waals surface area contributed by atoms with Gasteiger partial charge in [-0.1, -0.05) is 6.07 Å². The monoisotopic (exact) mass is 272 g/mol. The van der Waals surface area contributed by atoms with Crippen molar-refractivity contribution in [2.24, 2.45) is 0 Å². The highest BCUT2D eigenvalue weighted by Crippen LogP contribution is 2.18. The van der Waals surface area contributed by atoms with Crippen LogP contribution in [-0.4, -0.2) is 44.1 Å². The fourth-order valence-corrected chi connectivity index (χ4v) is 2.92. The number of benzene rings is 1. The number of anilines is 1. The van der Waals surface area contributed by atoms with Gasteiger partial charge in [-0.25, -0.2) is 8.42 Å². The summed E-state index contributed by atoms with van der Waals surface area (Å²) in [6.07, 6.45) is -0.693. The molecule has 6 heteroatoms. The van der Waals surface area contributed by atoms with Crippen molar-refractivity contribution in [3.63, 3.8) is 0 Å². The van der Waals surface area contributed by atoms with Crippen molar-refractivity contribution >= 4 is 15.7 Å². The van der Waals surface area contributed by atoms with Crippen LogP contribution in [0.2, 0.25) is 0 Å². The number of aliphatic hydroxyl groups is 1. The van der Waals surface area contributed by atoms with Gasteiger partial charge in [0, 0.05) is 25.8 Å². The first kappa shape index (κ1) is 14.9. The number of hydrogen-bond donors (Lipinski definition) is 2. The summed E-state index contributed by atoms with van der Waals surface area (Å²) in [7, 11) is -2.08. The van der Waals surface area contributed by atoms with E-state index in [9.17, 15) is 13.5 Å². The molecule has 1 rings (SSSR count). The maximum absolute atomic E-state index is 12.2. The molecule has 0 saturated heterocycles. The zero-order valence-corrected chi connectivity index (χ0v) is 11.7. The Morgan fingerprint density at radius 3 is 2.67 bits per heavy atom. The topological polar surface area (TPSA) is 69.6 Å². The van der Waals surface area contributed by atoms with Gasteiger partial charge in [-0.05, 0) is 32.0 Å². The first-order valence-corrected chi connectivity index (χ1v) is 7.30. The lowest BCUT2D eigenvalue weighted by atomic mass is 10.3. The van der Waals surface area contributed by atoms with Gasteiger partial charge in [-0.15, -0.1) is 0 Å². The van der Waals surface area contributed by atoms with Gasteiger partial charge in [-0.3, -0.25) is 0 Å². The number of nitrogens with zero attached hydrogens (tertiary/aromatic N) is 1. The third-order valence-corrected chi connectivity index (χ3v) is 4.26. The molecule has 0 saturated carbocycles. The van der Waals surface area contributed by atoms with Crippen molar-refractivity contribution in [3.8, 4) is 0 Å². The number of sulfonamides is 1. The molecule has 102 valence electrons. The highest BCUT2D eigenvalue weighted by molar-refractivity contribution is 7.89. The second-order valence-corrected chi connectivity index (χ2v) is 6.24. The van der Waals surface area contributed by atoms with Gasteiger partial charge < -0.3 is 10.4 Å². The van der Waals surface area contributed by atoms with E-state index in [1.165, 1.54) is 7.05 Å². The number of hydrogen-bond acceptors (Lipinski definition) is 4. The van der Waals surface area contributed by atoms with E-state index in [0.29, 0.717) is 0 Å². The number of aliphatic hydroxyl groups excluding tert-OH is 1. The van der Waals surface area contributed by atoms with Crippen molar-refractivity contribution in [3.05, 3.63) is 24.3 Å². The summed E-state index contributed by atoms with van der Waals surface area (Å²) in [4.78, 5) is 0.226. The van der Waals surface area contributed by atoms with Crippen molar-refractivity contribution < 1.29 is 13.5 Å². The van der Waals surface area contributed by atoms with Gasteiger partial charge in [0.25, 0.3) is 0 Å². The van der Waals surface area contributed by atoms with E-state index in [4.69, 9.17) is 0 Å². The average Bonchev–Trinajstić information content (AvgIpc) is 2.29. The largest absolute Gasteiger partial charge is 0.392 e. The molecule has 18 heavy (non-hydrogen) atoms. The summed E-state index contributed by atoms with van der Waals surface area (Å²) in [5.74, 6) is 0. The molecule has 0 aromatic heterocycles. The Hall–Kier alpha value is -1.11. The first-order chi connectivity index (χ1) is 8.37. The Labute approximate surface area is 108 Å². The molecule has 0 amide bonds.